The van der Waals surface area contributed by atoms with Crippen LogP contribution in [0.25, 0.3) is 0 Å². The Hall–Kier alpha value is -0.640. The summed E-state index contributed by atoms with van der Waals surface area (Å²) in [7, 11) is 1.66. The molecule has 82 valence electrons. The molecule has 0 N–H and O–H groups in total. The molecule has 15 heavy (non-hydrogen) atoms. The minimum atomic E-state index is -0.332. The SMILES string of the molecule is C[N+]1([O-])CCC(c2ccc(F)cc2Cl)C1. The second-order valence-corrected chi connectivity index (χ2v) is 4.76. The topological polar surface area (TPSA) is 23.1 Å². The van der Waals surface area contributed by atoms with Gasteiger partial charge in [0.05, 0.1) is 20.1 Å². The Labute approximate surface area is 93.4 Å². The van der Waals surface area contributed by atoms with E-state index in [9.17, 15) is 9.60 Å². The van der Waals surface area contributed by atoms with Crippen LogP contribution >= 0.6 is 11.6 Å². The molecule has 1 aromatic carbocycles. The first-order valence-corrected chi connectivity index (χ1v) is 5.36. The molecule has 1 aliphatic rings. The maximum atomic E-state index is 12.8. The average molecular weight is 230 g/mol. The highest BCUT2D eigenvalue weighted by Crippen LogP contribution is 2.34. The first-order chi connectivity index (χ1) is 6.98. The van der Waals surface area contributed by atoms with Crippen molar-refractivity contribution in [3.8, 4) is 0 Å². The molecule has 2 atom stereocenters. The summed E-state index contributed by atoms with van der Waals surface area (Å²) >= 11 is 5.95. The van der Waals surface area contributed by atoms with Gasteiger partial charge in [0.15, 0.2) is 0 Å². The van der Waals surface area contributed by atoms with Crippen LogP contribution in [-0.2, 0) is 0 Å². The van der Waals surface area contributed by atoms with Gasteiger partial charge in [0, 0.05) is 17.4 Å². The van der Waals surface area contributed by atoms with Gasteiger partial charge < -0.3 is 9.85 Å². The zero-order valence-electron chi connectivity index (χ0n) is 8.54. The fourth-order valence-corrected chi connectivity index (χ4v) is 2.49. The summed E-state index contributed by atoms with van der Waals surface area (Å²) in [5, 5.41) is 12.1. The molecule has 0 saturated carbocycles. The van der Waals surface area contributed by atoms with Crippen molar-refractivity contribution in [2.24, 2.45) is 0 Å². The van der Waals surface area contributed by atoms with E-state index in [0.717, 1.165) is 12.0 Å². The highest BCUT2D eigenvalue weighted by Gasteiger charge is 2.30. The Kier molecular flexibility index (Phi) is 2.71. The number of hydrogen-bond acceptors (Lipinski definition) is 1. The number of nitrogens with zero attached hydrogens (tertiary/aromatic N) is 1. The Morgan fingerprint density at radius 1 is 1.53 bits per heavy atom. The number of rotatable bonds is 1. The summed E-state index contributed by atoms with van der Waals surface area (Å²) in [5.74, 6) is -0.165. The van der Waals surface area contributed by atoms with E-state index >= 15 is 0 Å². The predicted octanol–water partition coefficient (Wildman–Crippen LogP) is 2.91. The maximum Gasteiger partial charge on any atom is 0.124 e. The normalized spacial score (nSPS) is 30.8. The van der Waals surface area contributed by atoms with Gasteiger partial charge in [-0.25, -0.2) is 4.39 Å². The minimum absolute atomic E-state index is 0.167. The number of halogens is 2. The van der Waals surface area contributed by atoms with E-state index in [0.29, 0.717) is 18.1 Å². The smallest absolute Gasteiger partial charge is 0.124 e. The van der Waals surface area contributed by atoms with Gasteiger partial charge in [-0.15, -0.1) is 0 Å². The van der Waals surface area contributed by atoms with Gasteiger partial charge >= 0.3 is 0 Å². The molecule has 0 amide bonds. The molecule has 0 bridgehead atoms. The van der Waals surface area contributed by atoms with Crippen molar-refractivity contribution in [2.75, 3.05) is 20.1 Å². The molecular weight excluding hydrogens is 217 g/mol. The van der Waals surface area contributed by atoms with Crippen molar-refractivity contribution in [2.45, 2.75) is 12.3 Å². The third-order valence-corrected chi connectivity index (χ3v) is 3.29. The Balaban J connectivity index is 2.24. The lowest BCUT2D eigenvalue weighted by atomic mass is 9.98. The first-order valence-electron chi connectivity index (χ1n) is 4.98. The molecule has 1 aliphatic heterocycles. The fraction of sp³-hybridized carbons (Fsp3) is 0.455. The minimum Gasteiger partial charge on any atom is -0.633 e. The van der Waals surface area contributed by atoms with Crippen LogP contribution < -0.4 is 0 Å². The van der Waals surface area contributed by atoms with Crippen molar-refractivity contribution >= 4 is 11.6 Å². The van der Waals surface area contributed by atoms with Crippen LogP contribution in [0.4, 0.5) is 4.39 Å². The van der Waals surface area contributed by atoms with Gasteiger partial charge in [-0.3, -0.25) is 0 Å². The number of benzene rings is 1. The molecule has 1 saturated heterocycles. The van der Waals surface area contributed by atoms with Crippen molar-refractivity contribution in [3.05, 3.63) is 39.8 Å². The molecule has 2 nitrogen and oxygen atoms in total. The molecule has 1 fully saturated rings. The van der Waals surface area contributed by atoms with E-state index in [1.165, 1.54) is 12.1 Å². The Morgan fingerprint density at radius 3 is 2.80 bits per heavy atom. The number of hydroxylamine groups is 3. The summed E-state index contributed by atoms with van der Waals surface area (Å²) in [5.41, 5.74) is 0.899. The monoisotopic (exact) mass is 229 g/mol. The standard InChI is InChI=1S/C11H13ClFNO/c1-14(15)5-4-8(7-14)10-3-2-9(13)6-11(10)12/h2-3,6,8H,4-5,7H2,1H3. The van der Waals surface area contributed by atoms with Crippen molar-refractivity contribution < 1.29 is 9.04 Å². The Bertz CT molecular complexity index is 381. The molecule has 2 rings (SSSR count). The van der Waals surface area contributed by atoms with Crippen LogP contribution in [0.5, 0.6) is 0 Å². The number of hydrogen-bond donors (Lipinski definition) is 0. The summed E-state index contributed by atoms with van der Waals surface area (Å²) in [6, 6.07) is 4.40. The van der Waals surface area contributed by atoms with Crippen molar-refractivity contribution in [3.63, 3.8) is 0 Å². The van der Waals surface area contributed by atoms with Crippen LogP contribution in [0, 0.1) is 11.0 Å². The number of quaternary nitrogens is 1. The lowest BCUT2D eigenvalue weighted by Crippen LogP contribution is -2.34. The first kappa shape index (κ1) is 10.9. The molecule has 0 spiro atoms. The van der Waals surface area contributed by atoms with Crippen LogP contribution in [0.1, 0.15) is 17.9 Å². The lowest BCUT2D eigenvalue weighted by Gasteiger charge is -2.33. The van der Waals surface area contributed by atoms with E-state index in [2.05, 4.69) is 0 Å². The Morgan fingerprint density at radius 2 is 2.27 bits per heavy atom. The lowest BCUT2D eigenvalue weighted by molar-refractivity contribution is -0.848. The van der Waals surface area contributed by atoms with Crippen LogP contribution in [-0.4, -0.2) is 24.8 Å². The summed E-state index contributed by atoms with van der Waals surface area (Å²) < 4.78 is 12.6. The van der Waals surface area contributed by atoms with E-state index in [1.807, 2.05) is 0 Å². The highest BCUT2D eigenvalue weighted by molar-refractivity contribution is 6.31. The van der Waals surface area contributed by atoms with Gasteiger partial charge in [-0.1, -0.05) is 17.7 Å². The van der Waals surface area contributed by atoms with E-state index in [1.54, 1.807) is 13.1 Å². The van der Waals surface area contributed by atoms with Crippen LogP contribution in [0.3, 0.4) is 0 Å². The third-order valence-electron chi connectivity index (χ3n) is 2.96. The maximum absolute atomic E-state index is 12.8. The predicted molar refractivity (Wildman–Crippen MR) is 58.1 cm³/mol. The average Bonchev–Trinajstić information content (AvgIpc) is 2.46. The number of likely N-dealkylation sites (N-methyl/N-ethyl adjacent to an activating group) is 1. The zero-order chi connectivity index (χ0) is 11.1. The molecule has 4 heteroatoms. The summed E-state index contributed by atoms with van der Waals surface area (Å²) in [6.45, 7) is 1.14. The van der Waals surface area contributed by atoms with Crippen LogP contribution in [0.15, 0.2) is 18.2 Å². The van der Waals surface area contributed by atoms with Gasteiger partial charge in [-0.2, -0.15) is 0 Å². The van der Waals surface area contributed by atoms with Gasteiger partial charge in [-0.05, 0) is 17.7 Å². The highest BCUT2D eigenvalue weighted by atomic mass is 35.5. The van der Waals surface area contributed by atoms with Crippen LogP contribution in [0.2, 0.25) is 5.02 Å². The summed E-state index contributed by atoms with van der Waals surface area (Å²) in [4.78, 5) is 0. The third kappa shape index (κ3) is 2.30. The van der Waals surface area contributed by atoms with E-state index in [4.69, 9.17) is 11.6 Å². The van der Waals surface area contributed by atoms with Crippen molar-refractivity contribution in [1.29, 1.82) is 0 Å². The van der Waals surface area contributed by atoms with Crippen molar-refractivity contribution in [1.82, 2.24) is 0 Å². The fourth-order valence-electron chi connectivity index (χ4n) is 2.16. The van der Waals surface area contributed by atoms with Gasteiger partial charge in [0.1, 0.15) is 5.82 Å². The molecule has 0 aliphatic carbocycles. The molecule has 1 heterocycles. The van der Waals surface area contributed by atoms with Gasteiger partial charge in [0.25, 0.3) is 0 Å². The largest absolute Gasteiger partial charge is 0.633 e. The quantitative estimate of drug-likeness (QED) is 0.536. The zero-order valence-corrected chi connectivity index (χ0v) is 9.30. The second-order valence-electron chi connectivity index (χ2n) is 4.35. The molecule has 0 aromatic heterocycles. The van der Waals surface area contributed by atoms with E-state index < -0.39 is 0 Å². The molecule has 2 unspecified atom stereocenters. The number of likely N-dealkylation sites (tertiary alicyclic amines) is 1. The van der Waals surface area contributed by atoms with E-state index in [-0.39, 0.29) is 16.4 Å². The second kappa shape index (κ2) is 3.74. The molecule has 1 aromatic rings. The molecule has 0 radical (unpaired) electrons. The molecular formula is C11H13ClFNO. The summed E-state index contributed by atoms with van der Waals surface area (Å²) in [6.07, 6.45) is 0.825. The van der Waals surface area contributed by atoms with Gasteiger partial charge in [0.2, 0.25) is 0 Å².